The van der Waals surface area contributed by atoms with Gasteiger partial charge in [0, 0.05) is 103 Å². The van der Waals surface area contributed by atoms with Crippen molar-refractivity contribution in [3.05, 3.63) is 72.4 Å². The summed E-state index contributed by atoms with van der Waals surface area (Å²) in [4.78, 5) is 190. The lowest BCUT2D eigenvalue weighted by Gasteiger charge is -2.23. The molecule has 3 aromatic rings. The summed E-state index contributed by atoms with van der Waals surface area (Å²) in [5.74, 6) is -15.5. The van der Waals surface area contributed by atoms with Crippen LogP contribution in [0.5, 0.6) is 0 Å². The Labute approximate surface area is 584 Å². The third-order valence-corrected chi connectivity index (χ3v) is 15.4. The largest absolute Gasteiger partial charge is 0.481 e. The van der Waals surface area contributed by atoms with Gasteiger partial charge < -0.3 is 93.8 Å². The molecule has 0 spiro atoms. The van der Waals surface area contributed by atoms with Crippen molar-refractivity contribution in [3.8, 4) is 0 Å². The van der Waals surface area contributed by atoms with Crippen molar-refractivity contribution in [2.24, 2.45) is 11.8 Å². The van der Waals surface area contributed by atoms with Gasteiger partial charge in [-0.3, -0.25) is 64.0 Å². The number of urea groups is 2. The van der Waals surface area contributed by atoms with Gasteiger partial charge in [0.15, 0.2) is 0 Å². The minimum Gasteiger partial charge on any atom is -0.481 e. The van der Waals surface area contributed by atoms with E-state index in [-0.39, 0.29) is 157 Å². The van der Waals surface area contributed by atoms with Crippen molar-refractivity contribution < 1.29 is 118 Å². The van der Waals surface area contributed by atoms with Gasteiger partial charge in [0.2, 0.25) is 11.6 Å². The first-order valence-corrected chi connectivity index (χ1v) is 32.3. The number of ketones is 1. The number of carbonyl (C=O) groups is 12. The van der Waals surface area contributed by atoms with Gasteiger partial charge in [-0.1, -0.05) is 12.8 Å². The van der Waals surface area contributed by atoms with Gasteiger partial charge in [0.05, 0.1) is 26.6 Å². The molecule has 3 rings (SSSR count). The fraction of sp³-hybridized carbons (Fsp3) is 0.550. The van der Waals surface area contributed by atoms with E-state index in [1.165, 1.54) is 36.4 Å². The van der Waals surface area contributed by atoms with Crippen LogP contribution < -0.4 is 47.9 Å². The molecular weight excluding hydrogens is 1380 g/mol. The number of carboxylic acids is 9. The summed E-state index contributed by atoms with van der Waals surface area (Å²) in [6.07, 6.45) is -2.67. The number of aliphatic carboxylic acids is 9. The first-order valence-electron chi connectivity index (χ1n) is 32.3. The van der Waals surface area contributed by atoms with Gasteiger partial charge in [0.25, 0.3) is 5.69 Å². The lowest BCUT2D eigenvalue weighted by atomic mass is 9.90. The number of carboxylic acid groups (broad SMARTS) is 9. The fourth-order valence-electron chi connectivity index (χ4n) is 10.0. The van der Waals surface area contributed by atoms with Crippen LogP contribution in [-0.4, -0.2) is 229 Å². The monoisotopic (exact) mass is 1460 g/mol. The molecule has 43 heteroatoms. The van der Waals surface area contributed by atoms with Crippen LogP contribution in [-0.2, 0) is 54.4 Å². The van der Waals surface area contributed by atoms with Crippen molar-refractivity contribution in [1.29, 1.82) is 0 Å². The summed E-state index contributed by atoms with van der Waals surface area (Å²) >= 11 is 0. The number of amides is 4. The molecule has 0 fully saturated rings. The third kappa shape index (κ3) is 33.6. The molecule has 0 aliphatic carbocycles. The summed E-state index contributed by atoms with van der Waals surface area (Å²) in [6.45, 7) is 1.16. The molecule has 4 amide bonds. The van der Waals surface area contributed by atoms with Crippen molar-refractivity contribution >= 4 is 118 Å². The lowest BCUT2D eigenvalue weighted by molar-refractivity contribution is -0.385. The zero-order chi connectivity index (χ0) is 76.7. The maximum atomic E-state index is 12.7. The van der Waals surface area contributed by atoms with Crippen molar-refractivity contribution in [3.63, 3.8) is 0 Å². The Kier molecular flexibility index (Phi) is 37.2. The first-order chi connectivity index (χ1) is 48.7. The van der Waals surface area contributed by atoms with Gasteiger partial charge in [-0.25, -0.2) is 43.7 Å². The minimum absolute atomic E-state index is 0.0159. The number of anilines is 5. The first kappa shape index (κ1) is 85.3. The van der Waals surface area contributed by atoms with E-state index in [2.05, 4.69) is 52.2 Å². The molecule has 0 aliphatic heterocycles. The maximum Gasteiger partial charge on any atom is 0.326 e. The van der Waals surface area contributed by atoms with Gasteiger partial charge in [-0.05, 0) is 95.2 Å². The maximum absolute atomic E-state index is 12.7. The number of rotatable bonds is 56. The number of carbonyl (C=O) groups excluding carboxylic acids is 3. The number of nitrogens with zero attached hydrogens (tertiary/aromatic N) is 7. The highest BCUT2D eigenvalue weighted by molar-refractivity contribution is 5.88. The second-order valence-electron chi connectivity index (χ2n) is 23.2. The molecular formula is C60H84N16O27. The molecule has 0 bridgehead atoms. The molecule has 103 heavy (non-hydrogen) atoms. The van der Waals surface area contributed by atoms with Crippen molar-refractivity contribution in [2.45, 2.75) is 146 Å². The van der Waals surface area contributed by atoms with Gasteiger partial charge in [-0.2, -0.15) is 0 Å². The molecule has 3 aromatic heterocycles. The number of pyridine rings is 3. The van der Waals surface area contributed by atoms with Crippen LogP contribution in [0.4, 0.5) is 55.7 Å². The molecule has 3 unspecified atom stereocenters. The Hall–Kier alpha value is -11.9. The average molecular weight is 1460 g/mol. The molecule has 6 atom stereocenters. The Morgan fingerprint density at radius 1 is 0.379 bits per heavy atom. The third-order valence-electron chi connectivity index (χ3n) is 15.4. The molecule has 0 saturated heterocycles. The van der Waals surface area contributed by atoms with Crippen LogP contribution in [0.3, 0.4) is 0 Å². The van der Waals surface area contributed by atoms with E-state index in [9.17, 15) is 119 Å². The average Bonchev–Trinajstić information content (AvgIpc) is 0.857. The molecule has 0 aromatic carbocycles. The summed E-state index contributed by atoms with van der Waals surface area (Å²) in [6, 6.07) is -0.895. The zero-order valence-corrected chi connectivity index (χ0v) is 55.5. The van der Waals surface area contributed by atoms with Gasteiger partial charge in [-0.15, -0.1) is 0 Å². The zero-order valence-electron chi connectivity index (χ0n) is 55.5. The number of aromatic nitrogens is 3. The smallest absolute Gasteiger partial charge is 0.326 e. The Morgan fingerprint density at radius 2 is 0.718 bits per heavy atom. The highest BCUT2D eigenvalue weighted by Crippen LogP contribution is 2.27. The molecule has 0 radical (unpaired) electrons. The van der Waals surface area contributed by atoms with Gasteiger partial charge in [0.1, 0.15) is 53.1 Å². The summed E-state index contributed by atoms with van der Waals surface area (Å²) < 4.78 is 0. The van der Waals surface area contributed by atoms with Crippen LogP contribution in [0.2, 0.25) is 0 Å². The number of nitro groups is 3. The van der Waals surface area contributed by atoms with E-state index in [0.717, 1.165) is 0 Å². The van der Waals surface area contributed by atoms with E-state index in [1.807, 2.05) is 15.5 Å². The fourth-order valence-corrected chi connectivity index (χ4v) is 10.0. The summed E-state index contributed by atoms with van der Waals surface area (Å²) in [5.41, 5.74) is -1.04. The molecule has 3 heterocycles. The van der Waals surface area contributed by atoms with Gasteiger partial charge >= 0.3 is 77.2 Å². The Balaban J connectivity index is 1.76. The second kappa shape index (κ2) is 44.9. The SMILES string of the molecule is O=C(O)CCC(CC(=O)C[C@@H](CCCCCc1nc(NCCN(CCNc2ccc([N+](=O)[O-])c(NCCCC[C@H](NC(=O)NC(CCC(=O)O)C(=O)O)C(=O)O)n2)CCNc2ccc([N+](=O)[O-])c(NCCCC[C@H](NC(=O)NC(CCC(=O)O)C(=O)O)C(=O)O)n2)ccc1[N+](=O)[O-])C(=O)O)C(=O)O. The minimum atomic E-state index is -1.62. The van der Waals surface area contributed by atoms with E-state index in [4.69, 9.17) is 15.3 Å². The van der Waals surface area contributed by atoms with Crippen LogP contribution >= 0.6 is 0 Å². The molecule has 0 aliphatic rings. The highest BCUT2D eigenvalue weighted by atomic mass is 16.6. The standard InChI is InChI=1S/C60H84N16O27/c77-36(33-35(54(86)87)12-21-48(78)79)32-34(53(84)85)8-2-1-3-9-37-42(74(98)99)15-18-45(66-37)61-26-29-73(30-27-62-46-19-16-43(75(100)101)51(71-46)64-24-6-4-10-38(55(88)89)67-59(96)69-40(57(92)93)13-22-49(80)81)31-28-63-47-20-17-44(76(102)103)52(72-47)65-25-7-5-11-39(56(90)91)68-60(97)70-41(58(94)95)14-23-50(82)83/h15-20,34-35,38-41H,1-14,21-33H2,(H,61,66)(H,78,79)(H,80,81)(H,82,83)(H,84,85)(H,86,87)(H,88,89)(H,90,91)(H,92,93)(H,94,95)(H2,62,64,71)(H2,63,65,72)(H2,67,69,96)(H2,68,70,97)/t34-,35?,38+,39+,40?,41?/m1/s1. The van der Waals surface area contributed by atoms with Crippen molar-refractivity contribution in [1.82, 2.24) is 41.1 Å². The number of Topliss-reactive ketones (excluding diaryl/α,β-unsaturated/α-hetero) is 1. The van der Waals surface area contributed by atoms with Crippen LogP contribution in [0.1, 0.15) is 121 Å². The van der Waals surface area contributed by atoms with E-state index in [0.29, 0.717) is 12.8 Å². The topological polar surface area (TPSA) is 667 Å². The van der Waals surface area contributed by atoms with Crippen LogP contribution in [0.15, 0.2) is 36.4 Å². The molecule has 43 nitrogen and oxygen atoms in total. The van der Waals surface area contributed by atoms with E-state index < -0.39 is 179 Å². The Bertz CT molecular complexity index is 3120. The number of hydrogen-bond acceptors (Lipinski definition) is 27. The molecule has 566 valence electrons. The van der Waals surface area contributed by atoms with E-state index in [1.54, 1.807) is 0 Å². The summed E-state index contributed by atoms with van der Waals surface area (Å²) in [5, 5.41) is 144. The predicted molar refractivity (Wildman–Crippen MR) is 358 cm³/mol. The normalized spacial score (nSPS) is 12.7. The predicted octanol–water partition coefficient (Wildman–Crippen LogP) is 3.56. The number of unbranched alkanes of at least 4 members (excludes halogenated alkanes) is 4. The second-order valence-corrected chi connectivity index (χ2v) is 23.2. The van der Waals surface area contributed by atoms with E-state index >= 15 is 0 Å². The summed E-state index contributed by atoms with van der Waals surface area (Å²) in [7, 11) is 0. The number of aryl methyl sites for hydroxylation is 1. The van der Waals surface area contributed by atoms with Crippen molar-refractivity contribution in [2.75, 3.05) is 78.9 Å². The molecule has 0 saturated carbocycles. The van der Waals surface area contributed by atoms with Crippen LogP contribution in [0, 0.1) is 42.2 Å². The van der Waals surface area contributed by atoms with Crippen LogP contribution in [0.25, 0.3) is 0 Å². The molecule has 18 N–H and O–H groups in total. The highest BCUT2D eigenvalue weighted by Gasteiger charge is 2.30. The Morgan fingerprint density at radius 3 is 1.08 bits per heavy atom. The quantitative estimate of drug-likeness (QED) is 0.0218. The number of hydrogen-bond donors (Lipinski definition) is 18. The lowest BCUT2D eigenvalue weighted by Crippen LogP contribution is -2.51. The number of nitrogens with one attached hydrogen (secondary N) is 9.